The molecule has 118 valence electrons. The number of carbonyl (C=O) groups is 1. The van der Waals surface area contributed by atoms with Gasteiger partial charge in [-0.1, -0.05) is 38.5 Å². The minimum absolute atomic E-state index is 0.0717. The first-order valence-electron chi connectivity index (χ1n) is 8.01. The smallest absolute Gasteiger partial charge is 0.224 e. The molecular weight excluding hydrogens is 262 g/mol. The zero-order valence-electron chi connectivity index (χ0n) is 13.4. The van der Waals surface area contributed by atoms with Gasteiger partial charge in [-0.2, -0.15) is 0 Å². The fourth-order valence-corrected chi connectivity index (χ4v) is 2.31. The van der Waals surface area contributed by atoms with Crippen molar-refractivity contribution < 1.29 is 4.79 Å². The van der Waals surface area contributed by atoms with Crippen molar-refractivity contribution >= 4 is 11.6 Å². The van der Waals surface area contributed by atoms with Gasteiger partial charge in [0, 0.05) is 18.7 Å². The monoisotopic (exact) mass is 291 g/mol. The average Bonchev–Trinajstić information content (AvgIpc) is 2.51. The molecule has 1 amide bonds. The lowest BCUT2D eigenvalue weighted by atomic mass is 10.1. The van der Waals surface area contributed by atoms with Crippen molar-refractivity contribution in [3.05, 3.63) is 29.8 Å². The van der Waals surface area contributed by atoms with Crippen LogP contribution in [0.5, 0.6) is 0 Å². The van der Waals surface area contributed by atoms with E-state index in [0.29, 0.717) is 13.0 Å². The van der Waals surface area contributed by atoms with E-state index in [1.807, 2.05) is 24.3 Å². The molecule has 0 fully saturated rings. The summed E-state index contributed by atoms with van der Waals surface area (Å²) in [6.45, 7) is 7.99. The molecule has 0 spiro atoms. The Balaban J connectivity index is 2.33. The highest BCUT2D eigenvalue weighted by Gasteiger charge is 2.07. The maximum atomic E-state index is 12.0. The number of nitrogens with one attached hydrogen (secondary N) is 1. The topological polar surface area (TPSA) is 58.4 Å². The van der Waals surface area contributed by atoms with Crippen LogP contribution < -0.4 is 11.1 Å². The van der Waals surface area contributed by atoms with Crippen LogP contribution in [0, 0.1) is 0 Å². The molecule has 0 atom stereocenters. The lowest BCUT2D eigenvalue weighted by molar-refractivity contribution is -0.116. The summed E-state index contributed by atoms with van der Waals surface area (Å²) in [4.78, 5) is 14.4. The second-order valence-corrected chi connectivity index (χ2v) is 5.30. The van der Waals surface area contributed by atoms with E-state index in [2.05, 4.69) is 24.1 Å². The molecule has 21 heavy (non-hydrogen) atoms. The van der Waals surface area contributed by atoms with Crippen LogP contribution in [0.1, 0.15) is 45.1 Å². The summed E-state index contributed by atoms with van der Waals surface area (Å²) >= 11 is 0. The highest BCUT2D eigenvalue weighted by molar-refractivity contribution is 5.91. The fourth-order valence-electron chi connectivity index (χ4n) is 2.31. The van der Waals surface area contributed by atoms with Crippen molar-refractivity contribution in [2.24, 2.45) is 5.73 Å². The molecule has 1 aromatic rings. The number of hydrogen-bond acceptors (Lipinski definition) is 3. The van der Waals surface area contributed by atoms with Gasteiger partial charge in [0.05, 0.1) is 0 Å². The molecule has 0 bridgehead atoms. The number of benzene rings is 1. The van der Waals surface area contributed by atoms with Crippen LogP contribution in [-0.4, -0.2) is 30.4 Å². The van der Waals surface area contributed by atoms with E-state index in [1.54, 1.807) is 0 Å². The van der Waals surface area contributed by atoms with Crippen molar-refractivity contribution in [3.63, 3.8) is 0 Å². The van der Waals surface area contributed by atoms with Gasteiger partial charge in [0.25, 0.3) is 0 Å². The van der Waals surface area contributed by atoms with Crippen LogP contribution >= 0.6 is 0 Å². The van der Waals surface area contributed by atoms with Gasteiger partial charge in [-0.3, -0.25) is 4.79 Å². The summed E-state index contributed by atoms with van der Waals surface area (Å²) in [5, 5.41) is 2.96. The third-order valence-corrected chi connectivity index (χ3v) is 3.66. The van der Waals surface area contributed by atoms with E-state index in [4.69, 9.17) is 5.73 Å². The molecule has 0 heterocycles. The summed E-state index contributed by atoms with van der Waals surface area (Å²) in [6.07, 6.45) is 3.90. The molecule has 0 radical (unpaired) electrons. The lowest BCUT2D eigenvalue weighted by Gasteiger charge is -2.19. The molecule has 0 aromatic heterocycles. The van der Waals surface area contributed by atoms with Crippen molar-refractivity contribution in [2.75, 3.05) is 25.0 Å². The molecule has 0 aliphatic rings. The third-order valence-electron chi connectivity index (χ3n) is 3.66. The van der Waals surface area contributed by atoms with Crippen LogP contribution in [0.25, 0.3) is 0 Å². The first-order valence-corrected chi connectivity index (χ1v) is 8.01. The first kappa shape index (κ1) is 17.7. The number of rotatable bonds is 10. The van der Waals surface area contributed by atoms with Gasteiger partial charge < -0.3 is 16.0 Å². The number of amides is 1. The molecule has 0 aliphatic heterocycles. The Kier molecular flexibility index (Phi) is 8.71. The lowest BCUT2D eigenvalue weighted by Crippen LogP contribution is -2.26. The van der Waals surface area contributed by atoms with Gasteiger partial charge in [-0.15, -0.1) is 0 Å². The second-order valence-electron chi connectivity index (χ2n) is 5.30. The molecule has 0 saturated carbocycles. The van der Waals surface area contributed by atoms with Crippen LogP contribution in [0.2, 0.25) is 0 Å². The van der Waals surface area contributed by atoms with E-state index in [-0.39, 0.29) is 5.91 Å². The summed E-state index contributed by atoms with van der Waals surface area (Å²) in [7, 11) is 0. The van der Waals surface area contributed by atoms with Gasteiger partial charge in [-0.25, -0.2) is 0 Å². The number of anilines is 1. The van der Waals surface area contributed by atoms with Crippen molar-refractivity contribution in [1.29, 1.82) is 0 Å². The Labute approximate surface area is 128 Å². The van der Waals surface area contributed by atoms with Gasteiger partial charge in [0.2, 0.25) is 5.91 Å². The quantitative estimate of drug-likeness (QED) is 0.697. The zero-order chi connectivity index (χ0) is 15.5. The predicted molar refractivity (Wildman–Crippen MR) is 89.2 cm³/mol. The number of para-hydroxylation sites is 1. The molecule has 1 rings (SSSR count). The average molecular weight is 291 g/mol. The molecule has 1 aromatic carbocycles. The van der Waals surface area contributed by atoms with Gasteiger partial charge in [0.1, 0.15) is 0 Å². The second kappa shape index (κ2) is 10.4. The maximum absolute atomic E-state index is 12.0. The number of hydrogen-bond donors (Lipinski definition) is 2. The molecule has 4 heteroatoms. The third kappa shape index (κ3) is 6.74. The Hall–Kier alpha value is -1.39. The number of carbonyl (C=O) groups excluding carboxylic acids is 1. The van der Waals surface area contributed by atoms with Gasteiger partial charge in [-0.05, 0) is 44.1 Å². The SMILES string of the molecule is CCCCN(CC)CCCC(=O)Nc1ccccc1CN. The van der Waals surface area contributed by atoms with Crippen LogP contribution in [-0.2, 0) is 11.3 Å². The Morgan fingerprint density at radius 1 is 1.19 bits per heavy atom. The van der Waals surface area contributed by atoms with Crippen molar-refractivity contribution in [2.45, 2.75) is 46.1 Å². The van der Waals surface area contributed by atoms with Crippen LogP contribution in [0.3, 0.4) is 0 Å². The molecular formula is C17H29N3O. The van der Waals surface area contributed by atoms with E-state index in [0.717, 1.165) is 37.3 Å². The predicted octanol–water partition coefficient (Wildman–Crippen LogP) is 2.99. The molecule has 3 N–H and O–H groups in total. The van der Waals surface area contributed by atoms with Crippen LogP contribution in [0.4, 0.5) is 5.69 Å². The normalized spacial score (nSPS) is 10.9. The van der Waals surface area contributed by atoms with E-state index in [1.165, 1.54) is 12.8 Å². The van der Waals surface area contributed by atoms with Gasteiger partial charge >= 0.3 is 0 Å². The highest BCUT2D eigenvalue weighted by atomic mass is 16.1. The fraction of sp³-hybridized carbons (Fsp3) is 0.588. The molecule has 0 aliphatic carbocycles. The highest BCUT2D eigenvalue weighted by Crippen LogP contribution is 2.14. The minimum Gasteiger partial charge on any atom is -0.326 e. The van der Waals surface area contributed by atoms with E-state index in [9.17, 15) is 4.79 Å². The maximum Gasteiger partial charge on any atom is 0.224 e. The molecule has 0 saturated heterocycles. The zero-order valence-corrected chi connectivity index (χ0v) is 13.4. The summed E-state index contributed by atoms with van der Waals surface area (Å²) in [5.74, 6) is 0.0717. The summed E-state index contributed by atoms with van der Waals surface area (Å²) < 4.78 is 0. The molecule has 0 unspecified atom stereocenters. The first-order chi connectivity index (χ1) is 10.2. The standard InChI is InChI=1S/C17H29N3O/c1-3-5-12-20(4-2)13-8-11-17(21)19-16-10-7-6-9-15(16)14-18/h6-7,9-10H,3-5,8,11-14,18H2,1-2H3,(H,19,21). The largest absolute Gasteiger partial charge is 0.326 e. The summed E-state index contributed by atoms with van der Waals surface area (Å²) in [5.41, 5.74) is 7.49. The van der Waals surface area contributed by atoms with Crippen molar-refractivity contribution in [3.8, 4) is 0 Å². The van der Waals surface area contributed by atoms with Crippen LogP contribution in [0.15, 0.2) is 24.3 Å². The Bertz CT molecular complexity index is 420. The number of nitrogens with two attached hydrogens (primary N) is 1. The summed E-state index contributed by atoms with van der Waals surface area (Å²) in [6, 6.07) is 7.70. The van der Waals surface area contributed by atoms with E-state index >= 15 is 0 Å². The molecule has 4 nitrogen and oxygen atoms in total. The van der Waals surface area contributed by atoms with Crippen molar-refractivity contribution in [1.82, 2.24) is 4.90 Å². The van der Waals surface area contributed by atoms with Gasteiger partial charge in [0.15, 0.2) is 0 Å². The van der Waals surface area contributed by atoms with E-state index < -0.39 is 0 Å². The number of nitrogens with zero attached hydrogens (tertiary/aromatic N) is 1. The minimum atomic E-state index is 0.0717. The Morgan fingerprint density at radius 2 is 1.90 bits per heavy atom. The Morgan fingerprint density at radius 3 is 2.57 bits per heavy atom. The number of unbranched alkanes of at least 4 members (excludes halogenated alkanes) is 1.